The minimum atomic E-state index is 0.0133. The lowest BCUT2D eigenvalue weighted by Crippen LogP contribution is -2.14. The summed E-state index contributed by atoms with van der Waals surface area (Å²) in [6.07, 6.45) is 0. The second-order valence-corrected chi connectivity index (χ2v) is 9.08. The summed E-state index contributed by atoms with van der Waals surface area (Å²) < 4.78 is 10.3. The first-order valence-electron chi connectivity index (χ1n) is 11.2. The van der Waals surface area contributed by atoms with E-state index >= 15 is 0 Å². The van der Waals surface area contributed by atoms with Crippen molar-refractivity contribution in [2.75, 3.05) is 56.0 Å². The summed E-state index contributed by atoms with van der Waals surface area (Å²) >= 11 is 24.2. The summed E-state index contributed by atoms with van der Waals surface area (Å²) in [7, 11) is 1.62. The molecule has 12 nitrogen and oxygen atoms in total. The number of hydrogen-bond donors (Lipinski definition) is 4. The number of benzene rings is 2. The van der Waals surface area contributed by atoms with Crippen LogP contribution in [0.25, 0.3) is 22.5 Å². The summed E-state index contributed by atoms with van der Waals surface area (Å²) in [5.74, 6) is 0.711. The fourth-order valence-corrected chi connectivity index (χ4v) is 3.83. The Kier molecular flexibility index (Phi) is 11.5. The number of nitrogens with zero attached hydrogens (tertiary/aromatic N) is 6. The van der Waals surface area contributed by atoms with Crippen molar-refractivity contribution in [1.82, 2.24) is 30.4 Å². The molecule has 0 aliphatic carbocycles. The maximum Gasteiger partial charge on any atom is 0.242 e. The average molecular weight is 614 g/mol. The van der Waals surface area contributed by atoms with Crippen LogP contribution in [0, 0.1) is 0 Å². The average Bonchev–Trinajstić information content (AvgIpc) is 2.90. The molecule has 0 atom stereocenters. The molecule has 39 heavy (non-hydrogen) atoms. The minimum absolute atomic E-state index is 0.0133. The lowest BCUT2D eigenvalue weighted by molar-refractivity contribution is 0.0759. The molecule has 0 spiro atoms. The Morgan fingerprint density at radius 1 is 0.718 bits per heavy atom. The molecule has 0 aliphatic heterocycles. The molecule has 4 rings (SSSR count). The third-order valence-corrected chi connectivity index (χ3v) is 6.46. The molecule has 2 aromatic carbocycles. The number of hydrogen-bond acceptors (Lipinski definition) is 12. The number of rotatable bonds is 9. The van der Waals surface area contributed by atoms with Crippen LogP contribution in [0.5, 0.6) is 0 Å². The summed E-state index contributed by atoms with van der Waals surface area (Å²) in [4.78, 5) is 7.97. The first-order valence-corrected chi connectivity index (χ1v) is 12.7. The van der Waals surface area contributed by atoms with E-state index in [2.05, 4.69) is 35.7 Å². The molecule has 0 amide bonds. The fraction of sp³-hybridized carbons (Fsp3) is 0.217. The van der Waals surface area contributed by atoms with Gasteiger partial charge in [-0.05, 0) is 12.1 Å². The number of anilines is 4. The molecule has 0 bridgehead atoms. The molecule has 4 aromatic rings. The van der Waals surface area contributed by atoms with E-state index in [1.165, 1.54) is 0 Å². The van der Waals surface area contributed by atoms with Crippen molar-refractivity contribution in [1.29, 1.82) is 0 Å². The van der Waals surface area contributed by atoms with Crippen molar-refractivity contribution >= 4 is 69.9 Å². The Morgan fingerprint density at radius 2 is 1.28 bits per heavy atom. The molecule has 0 fully saturated rings. The van der Waals surface area contributed by atoms with Crippen LogP contribution in [0.15, 0.2) is 36.4 Å². The Hall–Kier alpha value is -3.26. The van der Waals surface area contributed by atoms with E-state index in [1.54, 1.807) is 43.5 Å². The summed E-state index contributed by atoms with van der Waals surface area (Å²) in [6.45, 7) is 2.07. The van der Waals surface area contributed by atoms with Gasteiger partial charge in [0.1, 0.15) is 11.4 Å². The number of nitrogen functional groups attached to an aromatic ring is 3. The largest absolute Gasteiger partial charge is 0.382 e. The zero-order valence-electron chi connectivity index (χ0n) is 20.5. The Labute approximate surface area is 244 Å². The monoisotopic (exact) mass is 612 g/mol. The highest BCUT2D eigenvalue weighted by molar-refractivity contribution is 6.44. The molecule has 16 heteroatoms. The Morgan fingerprint density at radius 3 is 1.87 bits per heavy atom. The van der Waals surface area contributed by atoms with Gasteiger partial charge in [-0.3, -0.25) is 0 Å². The number of halogens is 4. The zero-order valence-corrected chi connectivity index (χ0v) is 23.6. The standard InChI is InChI=1S/C14H17Cl2N5O2.C9H7Cl2N5/c1-22-7-8-23-6-5-18-13-12(20-21-14(17)19-13)9-3-2-4-10(15)11(9)16;10-5-3-1-2-4(6(5)11)7-8(12)14-9(13)16-15-7/h2-4H,5-8H2,1H3,(H3,17,18,19,21);1-3H,(H4,12,13,14,16). The molecule has 7 N–H and O–H groups in total. The van der Waals surface area contributed by atoms with Crippen LogP contribution in [0.3, 0.4) is 0 Å². The van der Waals surface area contributed by atoms with E-state index in [0.717, 1.165) is 0 Å². The van der Waals surface area contributed by atoms with Gasteiger partial charge in [0.25, 0.3) is 0 Å². The van der Waals surface area contributed by atoms with Crippen LogP contribution in [0.2, 0.25) is 20.1 Å². The second-order valence-electron chi connectivity index (χ2n) is 7.51. The van der Waals surface area contributed by atoms with Gasteiger partial charge in [0.15, 0.2) is 11.6 Å². The first kappa shape index (κ1) is 30.3. The maximum atomic E-state index is 6.23. The number of ether oxygens (including phenoxy) is 2. The normalized spacial score (nSPS) is 10.6. The SMILES string of the molecule is COCCOCCNc1nc(N)nnc1-c1cccc(Cl)c1Cl.Nc1nnc(-c2cccc(Cl)c2Cl)c(N)n1. The molecular formula is C23H24Cl4N10O2. The van der Waals surface area contributed by atoms with Crippen LogP contribution < -0.4 is 22.5 Å². The van der Waals surface area contributed by atoms with Gasteiger partial charge < -0.3 is 32.0 Å². The lowest BCUT2D eigenvalue weighted by atomic mass is 10.1. The van der Waals surface area contributed by atoms with Crippen LogP contribution in [0.4, 0.5) is 23.5 Å². The highest BCUT2D eigenvalue weighted by atomic mass is 35.5. The van der Waals surface area contributed by atoms with Crippen molar-refractivity contribution in [3.05, 3.63) is 56.5 Å². The minimum Gasteiger partial charge on any atom is -0.382 e. The quantitative estimate of drug-likeness (QED) is 0.194. The summed E-state index contributed by atoms with van der Waals surface area (Å²) in [5, 5.41) is 20.0. The summed E-state index contributed by atoms with van der Waals surface area (Å²) in [6, 6.07) is 10.4. The van der Waals surface area contributed by atoms with Crippen molar-refractivity contribution in [2.45, 2.75) is 0 Å². The van der Waals surface area contributed by atoms with E-state index in [1.807, 2.05) is 0 Å². The van der Waals surface area contributed by atoms with Gasteiger partial charge >= 0.3 is 0 Å². The van der Waals surface area contributed by atoms with Gasteiger partial charge in [-0.15, -0.1) is 20.4 Å². The molecule has 2 aromatic heterocycles. The predicted molar refractivity (Wildman–Crippen MR) is 155 cm³/mol. The molecule has 206 valence electrons. The van der Waals surface area contributed by atoms with E-state index in [9.17, 15) is 0 Å². The third-order valence-electron chi connectivity index (χ3n) is 4.82. The van der Waals surface area contributed by atoms with E-state index in [-0.39, 0.29) is 17.7 Å². The summed E-state index contributed by atoms with van der Waals surface area (Å²) in [5.41, 5.74) is 18.7. The van der Waals surface area contributed by atoms with Gasteiger partial charge in [-0.1, -0.05) is 70.7 Å². The van der Waals surface area contributed by atoms with Gasteiger partial charge in [-0.25, -0.2) is 0 Å². The number of methoxy groups -OCH3 is 1. The highest BCUT2D eigenvalue weighted by Gasteiger charge is 2.15. The molecule has 0 aliphatic rings. The topological polar surface area (TPSA) is 186 Å². The van der Waals surface area contributed by atoms with E-state index < -0.39 is 0 Å². The van der Waals surface area contributed by atoms with Gasteiger partial charge in [0.05, 0.1) is 39.9 Å². The van der Waals surface area contributed by atoms with Crippen LogP contribution in [0.1, 0.15) is 0 Å². The molecule has 0 saturated heterocycles. The second kappa shape index (κ2) is 14.8. The van der Waals surface area contributed by atoms with Crippen LogP contribution in [-0.4, -0.2) is 63.8 Å². The zero-order chi connectivity index (χ0) is 28.4. The van der Waals surface area contributed by atoms with E-state index in [4.69, 9.17) is 73.1 Å². The van der Waals surface area contributed by atoms with Crippen molar-refractivity contribution in [3.8, 4) is 22.5 Å². The molecule has 0 unspecified atom stereocenters. The third kappa shape index (κ3) is 8.36. The highest BCUT2D eigenvalue weighted by Crippen LogP contribution is 2.35. The van der Waals surface area contributed by atoms with Gasteiger partial charge in [0, 0.05) is 24.8 Å². The van der Waals surface area contributed by atoms with Gasteiger partial charge in [0.2, 0.25) is 11.9 Å². The fourth-order valence-electron chi connectivity index (χ4n) is 3.05. The van der Waals surface area contributed by atoms with Crippen molar-refractivity contribution in [2.24, 2.45) is 0 Å². The van der Waals surface area contributed by atoms with Crippen LogP contribution >= 0.6 is 46.4 Å². The maximum absolute atomic E-state index is 6.23. The Balaban J connectivity index is 0.000000230. The predicted octanol–water partition coefficient (Wildman–Crippen LogP) is 4.51. The molecule has 0 saturated carbocycles. The number of nitrogens with two attached hydrogens (primary N) is 3. The number of nitrogens with one attached hydrogen (secondary N) is 1. The lowest BCUT2D eigenvalue weighted by Gasteiger charge is -2.12. The first-order chi connectivity index (χ1) is 18.7. The molecular weight excluding hydrogens is 590 g/mol. The van der Waals surface area contributed by atoms with Gasteiger partial charge in [-0.2, -0.15) is 9.97 Å². The smallest absolute Gasteiger partial charge is 0.242 e. The number of aromatic nitrogens is 6. The Bertz CT molecular complexity index is 1410. The molecule has 2 heterocycles. The van der Waals surface area contributed by atoms with Crippen molar-refractivity contribution < 1.29 is 9.47 Å². The molecule has 0 radical (unpaired) electrons. The van der Waals surface area contributed by atoms with Crippen LogP contribution in [-0.2, 0) is 9.47 Å². The van der Waals surface area contributed by atoms with Crippen molar-refractivity contribution in [3.63, 3.8) is 0 Å². The van der Waals surface area contributed by atoms with E-state index in [0.29, 0.717) is 74.8 Å².